The molecule has 150 valence electrons. The Morgan fingerprint density at radius 3 is 2.71 bits per heavy atom. The lowest BCUT2D eigenvalue weighted by molar-refractivity contribution is -0.158. The quantitative estimate of drug-likeness (QED) is 0.338. The van der Waals surface area contributed by atoms with Crippen molar-refractivity contribution in [2.24, 2.45) is 5.73 Å². The molecule has 0 aromatic heterocycles. The van der Waals surface area contributed by atoms with E-state index in [1.54, 1.807) is 16.7 Å². The van der Waals surface area contributed by atoms with Crippen LogP contribution in [0.25, 0.3) is 0 Å². The number of halogens is 1. The van der Waals surface area contributed by atoms with Crippen molar-refractivity contribution >= 4 is 52.1 Å². The summed E-state index contributed by atoms with van der Waals surface area (Å²) in [6, 6.07) is 8.12. The largest absolute Gasteiger partial charge is 0.461 e. The fourth-order valence-corrected chi connectivity index (χ4v) is 5.76. The number of esters is 1. The standard InChI is InChI=1S/C19H21IN2O5S/c1-10(23)27-9-13-14(8-16(21)24)22-18(25)17(26-2)19(22)28-15(13)7-11-4-3-5-12(20)6-11/h3-6,15,17,19H,7-9H2,1-2H3,(H2,21,24)/t15?,17-,19+/m0/s1. The normalized spacial score (nSPS) is 23.9. The molecule has 1 aromatic carbocycles. The number of hydrogen-bond donors (Lipinski definition) is 1. The Labute approximate surface area is 181 Å². The second-order valence-electron chi connectivity index (χ2n) is 6.61. The van der Waals surface area contributed by atoms with Gasteiger partial charge in [0, 0.05) is 34.1 Å². The molecule has 0 bridgehead atoms. The number of nitrogens with two attached hydrogens (primary N) is 1. The van der Waals surface area contributed by atoms with E-state index in [0.717, 1.165) is 14.7 Å². The molecule has 7 nitrogen and oxygen atoms in total. The number of rotatable bonds is 7. The van der Waals surface area contributed by atoms with E-state index in [1.807, 2.05) is 18.2 Å². The highest BCUT2D eigenvalue weighted by Crippen LogP contribution is 2.47. The van der Waals surface area contributed by atoms with Crippen molar-refractivity contribution in [3.05, 3.63) is 44.7 Å². The Kier molecular flexibility index (Phi) is 6.66. The lowest BCUT2D eigenvalue weighted by Gasteiger charge is -2.51. The zero-order valence-corrected chi connectivity index (χ0v) is 18.5. The number of primary amides is 1. The summed E-state index contributed by atoms with van der Waals surface area (Å²) < 4.78 is 11.7. The highest BCUT2D eigenvalue weighted by Gasteiger charge is 2.54. The summed E-state index contributed by atoms with van der Waals surface area (Å²) >= 11 is 3.84. The Morgan fingerprint density at radius 1 is 1.36 bits per heavy atom. The molecule has 28 heavy (non-hydrogen) atoms. The van der Waals surface area contributed by atoms with Crippen LogP contribution in [0.1, 0.15) is 18.9 Å². The van der Waals surface area contributed by atoms with Gasteiger partial charge in [-0.25, -0.2) is 0 Å². The van der Waals surface area contributed by atoms with Crippen LogP contribution >= 0.6 is 34.4 Å². The molecule has 1 unspecified atom stereocenters. The van der Waals surface area contributed by atoms with Crippen LogP contribution in [-0.4, -0.2) is 53.1 Å². The number of carbonyl (C=O) groups excluding carboxylic acids is 3. The van der Waals surface area contributed by atoms with E-state index in [4.69, 9.17) is 15.2 Å². The number of amides is 2. The second kappa shape index (κ2) is 8.83. The van der Waals surface area contributed by atoms with Crippen LogP contribution in [0.2, 0.25) is 0 Å². The zero-order valence-electron chi connectivity index (χ0n) is 15.5. The molecule has 1 fully saturated rings. The van der Waals surface area contributed by atoms with E-state index in [-0.39, 0.29) is 29.6 Å². The minimum absolute atomic E-state index is 0.0215. The molecule has 1 aromatic rings. The zero-order chi connectivity index (χ0) is 20.4. The maximum Gasteiger partial charge on any atom is 0.302 e. The molecule has 0 aliphatic carbocycles. The summed E-state index contributed by atoms with van der Waals surface area (Å²) in [5, 5.41) is -0.292. The molecule has 1 saturated heterocycles. The van der Waals surface area contributed by atoms with E-state index in [0.29, 0.717) is 12.1 Å². The van der Waals surface area contributed by atoms with Crippen LogP contribution in [-0.2, 0) is 30.3 Å². The maximum absolute atomic E-state index is 12.5. The van der Waals surface area contributed by atoms with Gasteiger partial charge in [0.05, 0.1) is 6.42 Å². The molecule has 2 amide bonds. The highest BCUT2D eigenvalue weighted by atomic mass is 127. The van der Waals surface area contributed by atoms with Crippen molar-refractivity contribution in [1.82, 2.24) is 4.90 Å². The van der Waals surface area contributed by atoms with Gasteiger partial charge in [0.2, 0.25) is 5.91 Å². The van der Waals surface area contributed by atoms with Gasteiger partial charge < -0.3 is 15.2 Å². The number of β-lactam (4-membered cyclic amide) rings is 1. The highest BCUT2D eigenvalue weighted by molar-refractivity contribution is 14.1. The number of carbonyl (C=O) groups is 3. The summed E-state index contributed by atoms with van der Waals surface area (Å²) in [5.41, 5.74) is 7.85. The van der Waals surface area contributed by atoms with E-state index >= 15 is 0 Å². The Bertz CT molecular complexity index is 843. The van der Waals surface area contributed by atoms with Crippen molar-refractivity contribution in [2.75, 3.05) is 13.7 Å². The van der Waals surface area contributed by atoms with Gasteiger partial charge in [0.25, 0.3) is 5.91 Å². The molecule has 2 aliphatic heterocycles. The molecule has 2 aliphatic rings. The maximum atomic E-state index is 12.5. The van der Waals surface area contributed by atoms with E-state index in [1.165, 1.54) is 14.0 Å². The fraction of sp³-hybridized carbons (Fsp3) is 0.421. The van der Waals surface area contributed by atoms with Crippen LogP contribution in [0.5, 0.6) is 0 Å². The van der Waals surface area contributed by atoms with E-state index < -0.39 is 18.0 Å². The van der Waals surface area contributed by atoms with Crippen LogP contribution < -0.4 is 5.73 Å². The smallest absolute Gasteiger partial charge is 0.302 e. The molecule has 3 atom stereocenters. The SMILES string of the molecule is CO[C@H]1C(=O)N2C(CC(N)=O)=C(COC(C)=O)C(Cc3cccc(I)c3)S[C@H]12. The predicted octanol–water partition coefficient (Wildman–Crippen LogP) is 1.83. The number of methoxy groups -OCH3 is 1. The molecular weight excluding hydrogens is 495 g/mol. The monoisotopic (exact) mass is 516 g/mol. The van der Waals surface area contributed by atoms with Crippen molar-refractivity contribution in [3.8, 4) is 0 Å². The van der Waals surface area contributed by atoms with Crippen LogP contribution in [0.15, 0.2) is 35.5 Å². The molecule has 3 rings (SSSR count). The summed E-state index contributed by atoms with van der Waals surface area (Å²) in [6.45, 7) is 1.35. The van der Waals surface area contributed by atoms with Gasteiger partial charge in [0.1, 0.15) is 12.0 Å². The van der Waals surface area contributed by atoms with Crippen LogP contribution in [0, 0.1) is 3.57 Å². The molecule has 0 radical (unpaired) electrons. The number of hydrogen-bond acceptors (Lipinski definition) is 6. The van der Waals surface area contributed by atoms with Gasteiger partial charge >= 0.3 is 5.97 Å². The minimum atomic E-state index is -0.554. The average Bonchev–Trinajstić information content (AvgIpc) is 2.60. The first kappa shape index (κ1) is 21.1. The van der Waals surface area contributed by atoms with Crippen LogP contribution in [0.3, 0.4) is 0 Å². The first-order valence-corrected chi connectivity index (χ1v) is 10.7. The minimum Gasteiger partial charge on any atom is -0.461 e. The summed E-state index contributed by atoms with van der Waals surface area (Å²) in [5.74, 6) is -1.16. The third-order valence-corrected chi connectivity index (χ3v) is 6.87. The third kappa shape index (κ3) is 4.36. The van der Waals surface area contributed by atoms with Crippen molar-refractivity contribution < 1.29 is 23.9 Å². The second-order valence-corrected chi connectivity index (χ2v) is 9.18. The van der Waals surface area contributed by atoms with Gasteiger partial charge in [-0.1, -0.05) is 12.1 Å². The Morgan fingerprint density at radius 2 is 2.11 bits per heavy atom. The van der Waals surface area contributed by atoms with Crippen molar-refractivity contribution in [1.29, 1.82) is 0 Å². The topological polar surface area (TPSA) is 98.9 Å². The lowest BCUT2D eigenvalue weighted by atomic mass is 9.97. The van der Waals surface area contributed by atoms with Crippen molar-refractivity contribution in [2.45, 2.75) is 36.5 Å². The molecule has 9 heteroatoms. The predicted molar refractivity (Wildman–Crippen MR) is 113 cm³/mol. The average molecular weight is 516 g/mol. The van der Waals surface area contributed by atoms with E-state index in [2.05, 4.69) is 28.7 Å². The van der Waals surface area contributed by atoms with Gasteiger partial charge in [0.15, 0.2) is 6.10 Å². The third-order valence-electron chi connectivity index (χ3n) is 4.68. The van der Waals surface area contributed by atoms with Gasteiger partial charge in [-0.15, -0.1) is 11.8 Å². The first-order chi connectivity index (χ1) is 13.3. The molecular formula is C19H21IN2O5S. The summed E-state index contributed by atoms with van der Waals surface area (Å²) in [7, 11) is 1.50. The number of benzene rings is 1. The molecule has 0 saturated carbocycles. The van der Waals surface area contributed by atoms with Crippen molar-refractivity contribution in [3.63, 3.8) is 0 Å². The molecule has 2 N–H and O–H groups in total. The Balaban J connectivity index is 1.99. The van der Waals surface area contributed by atoms with Gasteiger partial charge in [-0.05, 0) is 46.7 Å². The number of nitrogens with zero attached hydrogens (tertiary/aromatic N) is 1. The number of fused-ring (bicyclic) bond motifs is 1. The summed E-state index contributed by atoms with van der Waals surface area (Å²) in [4.78, 5) is 37.2. The number of ether oxygens (including phenoxy) is 2. The fourth-order valence-electron chi connectivity index (χ4n) is 3.43. The van der Waals surface area contributed by atoms with Crippen LogP contribution in [0.4, 0.5) is 0 Å². The molecule has 0 spiro atoms. The first-order valence-electron chi connectivity index (χ1n) is 8.71. The van der Waals surface area contributed by atoms with Gasteiger partial charge in [-0.2, -0.15) is 0 Å². The Hall–Kier alpha value is -1.59. The lowest BCUT2D eigenvalue weighted by Crippen LogP contribution is -2.65. The summed E-state index contributed by atoms with van der Waals surface area (Å²) in [6.07, 6.45) is 0.0371. The molecule has 2 heterocycles. The van der Waals surface area contributed by atoms with Gasteiger partial charge in [-0.3, -0.25) is 19.3 Å². The van der Waals surface area contributed by atoms with E-state index in [9.17, 15) is 14.4 Å². The number of thioether (sulfide) groups is 1.